The van der Waals surface area contributed by atoms with Gasteiger partial charge < -0.3 is 5.32 Å². The zero-order chi connectivity index (χ0) is 33.8. The van der Waals surface area contributed by atoms with Crippen LogP contribution in [0.5, 0.6) is 0 Å². The molecule has 2 aliphatic heterocycles. The molecule has 0 bridgehead atoms. The van der Waals surface area contributed by atoms with Gasteiger partial charge in [0.2, 0.25) is 0 Å². The van der Waals surface area contributed by atoms with Crippen molar-refractivity contribution < 1.29 is 0 Å². The average molecular weight is 648 g/mol. The van der Waals surface area contributed by atoms with Crippen molar-refractivity contribution in [2.45, 2.75) is 44.8 Å². The van der Waals surface area contributed by atoms with Crippen LogP contribution in [0.2, 0.25) is 0 Å². The van der Waals surface area contributed by atoms with Crippen LogP contribution < -0.4 is 10.6 Å². The fourth-order valence-corrected chi connectivity index (χ4v) is 8.16. The second kappa shape index (κ2) is 12.1. The van der Waals surface area contributed by atoms with Crippen LogP contribution in [0.1, 0.15) is 71.3 Å². The summed E-state index contributed by atoms with van der Waals surface area (Å²) in [6, 6.07) is 42.2. The summed E-state index contributed by atoms with van der Waals surface area (Å²) < 4.78 is 0. The minimum atomic E-state index is -0.387. The van der Waals surface area contributed by atoms with Crippen LogP contribution >= 0.6 is 0 Å². The Kier molecular flexibility index (Phi) is 7.40. The second-order valence-electron chi connectivity index (χ2n) is 14.2. The lowest BCUT2D eigenvalue weighted by atomic mass is 9.76. The minimum absolute atomic E-state index is 0.00617. The third kappa shape index (κ3) is 5.21. The zero-order valence-corrected chi connectivity index (χ0v) is 28.8. The lowest BCUT2D eigenvalue weighted by Crippen LogP contribution is -2.46. The predicted octanol–water partition coefficient (Wildman–Crippen LogP) is 11.8. The normalized spacial score (nSPS) is 22.2. The van der Waals surface area contributed by atoms with E-state index >= 15 is 0 Å². The molecule has 0 radical (unpaired) electrons. The summed E-state index contributed by atoms with van der Waals surface area (Å²) in [5, 5.41) is 13.0. The number of benzene rings is 6. The van der Waals surface area contributed by atoms with Crippen molar-refractivity contribution in [3.05, 3.63) is 179 Å². The first-order valence-electron chi connectivity index (χ1n) is 17.9. The van der Waals surface area contributed by atoms with Gasteiger partial charge >= 0.3 is 0 Å². The summed E-state index contributed by atoms with van der Waals surface area (Å²) in [5.41, 5.74) is 11.6. The van der Waals surface area contributed by atoms with E-state index in [4.69, 9.17) is 4.99 Å². The van der Waals surface area contributed by atoms with Crippen LogP contribution in [0, 0.1) is 12.8 Å². The van der Waals surface area contributed by atoms with Gasteiger partial charge in [-0.2, -0.15) is 0 Å². The topological polar surface area (TPSA) is 36.4 Å². The van der Waals surface area contributed by atoms with E-state index in [2.05, 4.69) is 183 Å². The number of hydrogen-bond donors (Lipinski definition) is 2. The molecule has 50 heavy (non-hydrogen) atoms. The smallest absolute Gasteiger partial charge is 0.0740 e. The molecule has 2 N–H and O–H groups in total. The van der Waals surface area contributed by atoms with E-state index in [0.717, 1.165) is 23.4 Å². The van der Waals surface area contributed by atoms with Gasteiger partial charge in [-0.15, -0.1) is 0 Å². The lowest BCUT2D eigenvalue weighted by molar-refractivity contribution is 0.327. The number of aliphatic imine (C=N–C) groups is 1. The molecule has 4 atom stereocenters. The highest BCUT2D eigenvalue weighted by molar-refractivity contribution is 6.05. The summed E-state index contributed by atoms with van der Waals surface area (Å²) in [6.07, 6.45) is 14.8. The molecule has 9 rings (SSSR count). The van der Waals surface area contributed by atoms with E-state index in [0.29, 0.717) is 5.92 Å². The molecule has 0 spiro atoms. The van der Waals surface area contributed by atoms with E-state index in [1.54, 1.807) is 0 Å². The Morgan fingerprint density at radius 1 is 0.740 bits per heavy atom. The summed E-state index contributed by atoms with van der Waals surface area (Å²) in [4.78, 5) is 5.47. The van der Waals surface area contributed by atoms with Crippen LogP contribution in [-0.4, -0.2) is 5.71 Å². The number of aryl methyl sites for hydroxylation is 1. The third-order valence-corrected chi connectivity index (χ3v) is 11.0. The van der Waals surface area contributed by atoms with Crippen molar-refractivity contribution in [1.29, 1.82) is 0 Å². The minimum Gasteiger partial charge on any atom is -0.374 e. The monoisotopic (exact) mass is 647 g/mol. The molecule has 6 aromatic carbocycles. The standard InChI is InChI=1S/C47H41N3/c1-4-42(48-44-30(2)17-18-31-11-5-8-14-39(31)44)36-27-37(43-24-23-34-21-19-32-12-6-9-15-40(32)45(34)49-43)29-38(28-36)47(3)26-25-35-22-20-33-13-7-10-16-41(33)46(35)50-47/h5-29,35,43,46,49-50H,4H2,1-3H3/b48-42+. The van der Waals surface area contributed by atoms with Crippen LogP contribution in [-0.2, 0) is 5.54 Å². The predicted molar refractivity (Wildman–Crippen MR) is 212 cm³/mol. The van der Waals surface area contributed by atoms with E-state index in [-0.39, 0.29) is 17.6 Å². The van der Waals surface area contributed by atoms with Gasteiger partial charge in [-0.25, -0.2) is 0 Å². The van der Waals surface area contributed by atoms with Gasteiger partial charge in [0.05, 0.1) is 23.0 Å². The SMILES string of the molecule is CC/C(=N\c1c(C)ccc2ccccc12)c1cc(C2C=Cc3ccc4ccccc4c3N2)cc(C2(C)C=CC3C=Cc4ccccc4C3N2)c1. The fraction of sp³-hybridized carbons (Fsp3) is 0.170. The van der Waals surface area contributed by atoms with Gasteiger partial charge in [0, 0.05) is 28.4 Å². The van der Waals surface area contributed by atoms with E-state index in [9.17, 15) is 0 Å². The lowest BCUT2D eigenvalue weighted by Gasteiger charge is -2.42. The van der Waals surface area contributed by atoms with Crippen molar-refractivity contribution >= 4 is 50.8 Å². The molecule has 0 fully saturated rings. The number of hydrogen-bond acceptors (Lipinski definition) is 3. The Hall–Kier alpha value is -5.51. The van der Waals surface area contributed by atoms with Crippen LogP contribution in [0.25, 0.3) is 33.7 Å². The Bertz CT molecular complexity index is 2430. The Morgan fingerprint density at radius 2 is 1.48 bits per heavy atom. The van der Waals surface area contributed by atoms with Crippen molar-refractivity contribution in [1.82, 2.24) is 5.32 Å². The van der Waals surface area contributed by atoms with Gasteiger partial charge in [0.15, 0.2) is 0 Å². The number of nitrogens with one attached hydrogen (secondary N) is 2. The first kappa shape index (κ1) is 30.5. The molecule has 244 valence electrons. The highest BCUT2D eigenvalue weighted by Crippen LogP contribution is 2.43. The van der Waals surface area contributed by atoms with E-state index in [1.807, 2.05) is 0 Å². The maximum atomic E-state index is 5.47. The van der Waals surface area contributed by atoms with Crippen LogP contribution in [0.3, 0.4) is 0 Å². The quantitative estimate of drug-likeness (QED) is 0.144. The number of rotatable bonds is 5. The zero-order valence-electron chi connectivity index (χ0n) is 28.8. The molecule has 6 aromatic rings. The van der Waals surface area contributed by atoms with Crippen molar-refractivity contribution in [2.24, 2.45) is 10.9 Å². The second-order valence-corrected chi connectivity index (χ2v) is 14.2. The van der Waals surface area contributed by atoms with Gasteiger partial charge in [-0.1, -0.05) is 147 Å². The van der Waals surface area contributed by atoms with Gasteiger partial charge in [0.1, 0.15) is 0 Å². The molecule has 0 amide bonds. The molecule has 3 aliphatic rings. The summed E-state index contributed by atoms with van der Waals surface area (Å²) in [5.74, 6) is 0.315. The van der Waals surface area contributed by atoms with E-state index < -0.39 is 0 Å². The van der Waals surface area contributed by atoms with Crippen molar-refractivity contribution in [2.75, 3.05) is 5.32 Å². The van der Waals surface area contributed by atoms with Gasteiger partial charge in [0.25, 0.3) is 0 Å². The maximum Gasteiger partial charge on any atom is 0.0740 e. The Balaban J connectivity index is 1.19. The third-order valence-electron chi connectivity index (χ3n) is 11.0. The molecule has 4 unspecified atom stereocenters. The average Bonchev–Trinajstić information content (AvgIpc) is 3.17. The molecule has 2 heterocycles. The molecular formula is C47H41N3. The fourth-order valence-electron chi connectivity index (χ4n) is 8.16. The van der Waals surface area contributed by atoms with Crippen molar-refractivity contribution in [3.63, 3.8) is 0 Å². The Morgan fingerprint density at radius 3 is 2.34 bits per heavy atom. The molecular weight excluding hydrogens is 607 g/mol. The molecule has 0 saturated carbocycles. The summed E-state index contributed by atoms with van der Waals surface area (Å²) >= 11 is 0. The molecule has 3 nitrogen and oxygen atoms in total. The van der Waals surface area contributed by atoms with Gasteiger partial charge in [-0.05, 0) is 82.1 Å². The molecule has 1 aliphatic carbocycles. The summed E-state index contributed by atoms with van der Waals surface area (Å²) in [6.45, 7) is 6.72. The molecule has 0 aromatic heterocycles. The maximum absolute atomic E-state index is 5.47. The van der Waals surface area contributed by atoms with E-state index in [1.165, 1.54) is 60.6 Å². The first-order chi connectivity index (χ1) is 24.5. The highest BCUT2D eigenvalue weighted by Gasteiger charge is 2.37. The van der Waals surface area contributed by atoms with Gasteiger partial charge in [-0.3, -0.25) is 10.3 Å². The summed E-state index contributed by atoms with van der Waals surface area (Å²) in [7, 11) is 0. The Labute approximate surface area is 294 Å². The number of anilines is 1. The largest absolute Gasteiger partial charge is 0.374 e. The molecule has 3 heteroatoms. The highest BCUT2D eigenvalue weighted by atomic mass is 15.0. The molecule has 0 saturated heterocycles. The van der Waals surface area contributed by atoms with Crippen LogP contribution in [0.4, 0.5) is 11.4 Å². The number of nitrogens with zero attached hydrogens (tertiary/aromatic N) is 1. The van der Waals surface area contributed by atoms with Crippen LogP contribution in [0.15, 0.2) is 145 Å². The van der Waals surface area contributed by atoms with Crippen molar-refractivity contribution in [3.8, 4) is 0 Å². The first-order valence-corrected chi connectivity index (χ1v) is 17.9. The number of fused-ring (bicyclic) bond motifs is 7.